The van der Waals surface area contributed by atoms with Crippen molar-refractivity contribution in [1.29, 1.82) is 0 Å². The summed E-state index contributed by atoms with van der Waals surface area (Å²) in [6.07, 6.45) is 4.45. The molecule has 2 fully saturated rings. The predicted molar refractivity (Wildman–Crippen MR) is 78.6 cm³/mol. The zero-order valence-electron chi connectivity index (χ0n) is 11.8. The highest BCUT2D eigenvalue weighted by Gasteiger charge is 2.30. The molecule has 2 rings (SSSR count). The van der Waals surface area contributed by atoms with Gasteiger partial charge in [-0.1, -0.05) is 0 Å². The first-order valence-electron chi connectivity index (χ1n) is 7.39. The molecule has 0 aliphatic carbocycles. The number of sulfonamides is 1. The minimum absolute atomic E-state index is 0.0298. The third kappa shape index (κ3) is 4.84. The number of alkyl halides is 1. The number of nitrogens with zero attached hydrogens (tertiary/aromatic N) is 1. The molecule has 118 valence electrons. The van der Waals surface area contributed by atoms with Gasteiger partial charge in [-0.2, -0.15) is 4.31 Å². The van der Waals surface area contributed by atoms with E-state index in [4.69, 9.17) is 21.1 Å². The van der Waals surface area contributed by atoms with Crippen LogP contribution in [0.5, 0.6) is 0 Å². The van der Waals surface area contributed by atoms with E-state index in [1.165, 1.54) is 0 Å². The van der Waals surface area contributed by atoms with Gasteiger partial charge in [-0.15, -0.1) is 11.6 Å². The maximum absolute atomic E-state index is 12.4. The Bertz CT molecular complexity index is 360. The SMILES string of the molecule is O=S(=O)(CCCCl)N(CC1CCCO1)CC1CCCO1. The molecule has 2 saturated heterocycles. The molecular weight excluding hydrogens is 302 g/mol. The average molecular weight is 326 g/mol. The Morgan fingerprint density at radius 2 is 1.60 bits per heavy atom. The van der Waals surface area contributed by atoms with Crippen LogP contribution in [0.4, 0.5) is 0 Å². The highest BCUT2D eigenvalue weighted by Crippen LogP contribution is 2.19. The van der Waals surface area contributed by atoms with E-state index in [9.17, 15) is 8.42 Å². The number of hydrogen-bond acceptors (Lipinski definition) is 4. The van der Waals surface area contributed by atoms with Crippen molar-refractivity contribution in [3.05, 3.63) is 0 Å². The first kappa shape index (κ1) is 16.5. The van der Waals surface area contributed by atoms with Crippen LogP contribution in [0.2, 0.25) is 0 Å². The predicted octanol–water partition coefficient (Wildman–Crippen LogP) is 1.61. The van der Waals surface area contributed by atoms with Crippen LogP contribution < -0.4 is 0 Å². The van der Waals surface area contributed by atoms with Gasteiger partial charge in [0.1, 0.15) is 0 Å². The van der Waals surface area contributed by atoms with Gasteiger partial charge in [0.15, 0.2) is 0 Å². The summed E-state index contributed by atoms with van der Waals surface area (Å²) >= 11 is 5.62. The van der Waals surface area contributed by atoms with E-state index in [1.807, 2.05) is 0 Å². The topological polar surface area (TPSA) is 55.8 Å². The molecule has 2 heterocycles. The normalized spacial score (nSPS) is 27.5. The molecule has 0 amide bonds. The van der Waals surface area contributed by atoms with Gasteiger partial charge in [0.25, 0.3) is 0 Å². The summed E-state index contributed by atoms with van der Waals surface area (Å²) in [6.45, 7) is 2.37. The van der Waals surface area contributed by atoms with E-state index >= 15 is 0 Å². The molecule has 2 aliphatic rings. The van der Waals surface area contributed by atoms with Crippen LogP contribution in [-0.2, 0) is 19.5 Å². The van der Waals surface area contributed by atoms with E-state index < -0.39 is 10.0 Å². The standard InChI is InChI=1S/C13H24ClNO4S/c14-6-3-9-20(16,17)15(10-12-4-1-7-18-12)11-13-5-2-8-19-13/h12-13H,1-11H2. The molecule has 2 atom stereocenters. The lowest BCUT2D eigenvalue weighted by atomic mass is 10.2. The molecule has 5 nitrogen and oxygen atoms in total. The maximum Gasteiger partial charge on any atom is 0.214 e. The minimum atomic E-state index is -3.27. The Balaban J connectivity index is 1.97. The number of rotatable bonds is 8. The Labute approximate surface area is 126 Å². The van der Waals surface area contributed by atoms with Crippen molar-refractivity contribution in [1.82, 2.24) is 4.31 Å². The lowest BCUT2D eigenvalue weighted by Gasteiger charge is -2.27. The molecule has 2 unspecified atom stereocenters. The fourth-order valence-corrected chi connectivity index (χ4v) is 4.54. The van der Waals surface area contributed by atoms with Crippen molar-refractivity contribution in [2.45, 2.75) is 44.3 Å². The minimum Gasteiger partial charge on any atom is -0.377 e. The Kier molecular flexibility index (Phi) is 6.55. The number of halogens is 1. The van der Waals surface area contributed by atoms with Crippen LogP contribution in [0.15, 0.2) is 0 Å². The first-order valence-corrected chi connectivity index (χ1v) is 9.53. The summed E-state index contributed by atoms with van der Waals surface area (Å²) in [5.41, 5.74) is 0. The van der Waals surface area contributed by atoms with E-state index in [0.29, 0.717) is 25.4 Å². The van der Waals surface area contributed by atoms with Gasteiger partial charge in [-0.3, -0.25) is 0 Å². The van der Waals surface area contributed by atoms with Gasteiger partial charge >= 0.3 is 0 Å². The molecule has 0 spiro atoms. The largest absolute Gasteiger partial charge is 0.377 e. The fourth-order valence-electron chi connectivity index (χ4n) is 2.70. The summed E-state index contributed by atoms with van der Waals surface area (Å²) in [4.78, 5) is 0. The summed E-state index contributed by atoms with van der Waals surface area (Å²) < 4.78 is 37.6. The van der Waals surface area contributed by atoms with Gasteiger partial charge in [-0.05, 0) is 32.1 Å². The van der Waals surface area contributed by atoms with Crippen LogP contribution in [0.25, 0.3) is 0 Å². The summed E-state index contributed by atoms with van der Waals surface area (Å²) in [7, 11) is -3.27. The second-order valence-electron chi connectivity index (χ2n) is 5.45. The molecule has 0 aromatic rings. The Morgan fingerprint density at radius 3 is 2.00 bits per heavy atom. The molecule has 0 saturated carbocycles. The van der Waals surface area contributed by atoms with Crippen LogP contribution in [0.1, 0.15) is 32.1 Å². The summed E-state index contributed by atoms with van der Waals surface area (Å²) in [5.74, 6) is 0.475. The van der Waals surface area contributed by atoms with Crippen molar-refractivity contribution in [2.24, 2.45) is 0 Å². The Morgan fingerprint density at radius 1 is 1.05 bits per heavy atom. The quantitative estimate of drug-likeness (QED) is 0.636. The second-order valence-corrected chi connectivity index (χ2v) is 7.91. The monoisotopic (exact) mass is 325 g/mol. The van der Waals surface area contributed by atoms with Crippen molar-refractivity contribution >= 4 is 21.6 Å². The molecule has 20 heavy (non-hydrogen) atoms. The third-order valence-electron chi connectivity index (χ3n) is 3.79. The molecule has 0 aromatic carbocycles. The summed E-state index contributed by atoms with van der Waals surface area (Å²) in [5, 5.41) is 0. The van der Waals surface area contributed by atoms with Crippen LogP contribution in [-0.4, -0.2) is 62.9 Å². The van der Waals surface area contributed by atoms with Crippen molar-refractivity contribution in [2.75, 3.05) is 37.9 Å². The molecule has 0 aromatic heterocycles. The average Bonchev–Trinajstić information content (AvgIpc) is 3.09. The molecule has 7 heteroatoms. The zero-order valence-corrected chi connectivity index (χ0v) is 13.4. The number of hydrogen-bond donors (Lipinski definition) is 0. The van der Waals surface area contributed by atoms with Crippen molar-refractivity contribution in [3.63, 3.8) is 0 Å². The number of ether oxygens (including phenoxy) is 2. The van der Waals surface area contributed by atoms with Gasteiger partial charge in [-0.25, -0.2) is 8.42 Å². The van der Waals surface area contributed by atoms with E-state index in [1.54, 1.807) is 4.31 Å². The zero-order chi connectivity index (χ0) is 14.4. The van der Waals surface area contributed by atoms with Crippen LogP contribution in [0, 0.1) is 0 Å². The van der Waals surface area contributed by atoms with Gasteiger partial charge in [0.05, 0.1) is 18.0 Å². The maximum atomic E-state index is 12.4. The molecule has 0 radical (unpaired) electrons. The Hall–Kier alpha value is 0.120. The van der Waals surface area contributed by atoms with Crippen molar-refractivity contribution in [3.8, 4) is 0 Å². The summed E-state index contributed by atoms with van der Waals surface area (Å²) in [6, 6.07) is 0. The lowest BCUT2D eigenvalue weighted by molar-refractivity contribution is 0.0649. The highest BCUT2D eigenvalue weighted by atomic mass is 35.5. The lowest BCUT2D eigenvalue weighted by Crippen LogP contribution is -2.43. The molecule has 0 N–H and O–H groups in total. The molecule has 0 bridgehead atoms. The molecular formula is C13H24ClNO4S. The van der Waals surface area contributed by atoms with Gasteiger partial charge < -0.3 is 9.47 Å². The molecule has 2 aliphatic heterocycles. The van der Waals surface area contributed by atoms with Gasteiger partial charge in [0.2, 0.25) is 10.0 Å². The second kappa shape index (κ2) is 7.94. The van der Waals surface area contributed by atoms with Crippen LogP contribution in [0.3, 0.4) is 0 Å². The highest BCUT2D eigenvalue weighted by molar-refractivity contribution is 7.89. The van der Waals surface area contributed by atoms with E-state index in [0.717, 1.165) is 38.9 Å². The smallest absolute Gasteiger partial charge is 0.214 e. The van der Waals surface area contributed by atoms with Gasteiger partial charge in [0, 0.05) is 32.2 Å². The third-order valence-corrected chi connectivity index (χ3v) is 5.95. The van der Waals surface area contributed by atoms with Crippen molar-refractivity contribution < 1.29 is 17.9 Å². The van der Waals surface area contributed by atoms with E-state index in [-0.39, 0.29) is 18.0 Å². The fraction of sp³-hybridized carbons (Fsp3) is 1.00. The van der Waals surface area contributed by atoms with Crippen LogP contribution >= 0.6 is 11.6 Å². The van der Waals surface area contributed by atoms with E-state index in [2.05, 4.69) is 0 Å². The first-order chi connectivity index (χ1) is 9.62.